The van der Waals surface area contributed by atoms with Crippen molar-refractivity contribution in [3.05, 3.63) is 64.6 Å². The molecule has 8 heteroatoms. The average Bonchev–Trinajstić information content (AvgIpc) is 2.98. The molecule has 1 saturated heterocycles. The van der Waals surface area contributed by atoms with Gasteiger partial charge in [0.2, 0.25) is 10.0 Å². The maximum Gasteiger partial charge on any atom is 0.424 e. The lowest BCUT2D eigenvalue weighted by atomic mass is 10.2. The molecular formula is C19H22N3O4S+. The summed E-state index contributed by atoms with van der Waals surface area (Å²) in [5.41, 5.74) is 2.37. The zero-order valence-corrected chi connectivity index (χ0v) is 15.9. The van der Waals surface area contributed by atoms with Crippen LogP contribution < -0.4 is 10.7 Å². The fourth-order valence-electron chi connectivity index (χ4n) is 3.45. The molecule has 1 N–H and O–H groups in total. The van der Waals surface area contributed by atoms with Crippen LogP contribution in [0.15, 0.2) is 62.6 Å². The largest absolute Gasteiger partial charge is 0.424 e. The lowest BCUT2D eigenvalue weighted by Crippen LogP contribution is -3.14. The highest BCUT2D eigenvalue weighted by molar-refractivity contribution is 7.89. The number of hydrogen-bond acceptors (Lipinski definition) is 4. The summed E-state index contributed by atoms with van der Waals surface area (Å²) in [5.74, 6) is -0.376. The molecule has 0 aliphatic carbocycles. The van der Waals surface area contributed by atoms with Gasteiger partial charge in [-0.05, 0) is 31.2 Å². The normalized spacial score (nSPS) is 16.8. The van der Waals surface area contributed by atoms with Gasteiger partial charge < -0.3 is 9.32 Å². The van der Waals surface area contributed by atoms with Crippen LogP contribution in [0.4, 0.5) is 0 Å². The van der Waals surface area contributed by atoms with E-state index in [2.05, 4.69) is 0 Å². The quantitative estimate of drug-likeness (QED) is 0.704. The number of nitrogens with zero attached hydrogens (tertiary/aromatic N) is 2. The van der Waals surface area contributed by atoms with Crippen LogP contribution in [-0.2, 0) is 16.7 Å². The van der Waals surface area contributed by atoms with E-state index in [1.54, 1.807) is 22.8 Å². The minimum absolute atomic E-state index is 0.327. The van der Waals surface area contributed by atoms with Crippen molar-refractivity contribution in [1.29, 1.82) is 0 Å². The van der Waals surface area contributed by atoms with Crippen molar-refractivity contribution in [2.24, 2.45) is 0 Å². The van der Waals surface area contributed by atoms with Gasteiger partial charge in [-0.2, -0.15) is 4.31 Å². The van der Waals surface area contributed by atoms with Crippen molar-refractivity contribution in [3.63, 3.8) is 0 Å². The lowest BCUT2D eigenvalue weighted by molar-refractivity contribution is -0.926. The molecule has 0 radical (unpaired) electrons. The van der Waals surface area contributed by atoms with E-state index in [1.165, 1.54) is 4.31 Å². The van der Waals surface area contributed by atoms with Crippen molar-refractivity contribution in [1.82, 2.24) is 8.87 Å². The maximum absolute atomic E-state index is 12.8. The van der Waals surface area contributed by atoms with Crippen LogP contribution in [0.3, 0.4) is 0 Å². The number of nitrogens with one attached hydrogen (secondary N) is 1. The molecule has 2 aromatic carbocycles. The van der Waals surface area contributed by atoms with Crippen molar-refractivity contribution < 1.29 is 17.7 Å². The van der Waals surface area contributed by atoms with E-state index in [9.17, 15) is 13.2 Å². The molecule has 7 nitrogen and oxygen atoms in total. The van der Waals surface area contributed by atoms with Crippen molar-refractivity contribution in [2.75, 3.05) is 26.2 Å². The van der Waals surface area contributed by atoms with Crippen LogP contribution in [0, 0.1) is 6.92 Å². The van der Waals surface area contributed by atoms with E-state index in [-0.39, 0.29) is 5.76 Å². The highest BCUT2D eigenvalue weighted by Gasteiger charge is 2.30. The molecular weight excluding hydrogens is 366 g/mol. The van der Waals surface area contributed by atoms with Gasteiger partial charge in [0, 0.05) is 0 Å². The smallest absolute Gasteiger partial charge is 0.408 e. The molecule has 1 aliphatic rings. The summed E-state index contributed by atoms with van der Waals surface area (Å²) >= 11 is 0. The third-order valence-electron chi connectivity index (χ3n) is 5.04. The number of fused-ring (bicyclic) bond motifs is 1. The minimum atomic E-state index is -3.47. The molecule has 0 bridgehead atoms. The number of quaternary nitrogens is 1. The molecule has 0 saturated carbocycles. The second-order valence-corrected chi connectivity index (χ2v) is 8.83. The minimum Gasteiger partial charge on any atom is -0.408 e. The maximum atomic E-state index is 12.8. The first-order valence-corrected chi connectivity index (χ1v) is 10.4. The first-order valence-electron chi connectivity index (χ1n) is 8.94. The van der Waals surface area contributed by atoms with Gasteiger partial charge in [0.1, 0.15) is 0 Å². The van der Waals surface area contributed by atoms with E-state index in [1.807, 2.05) is 37.3 Å². The van der Waals surface area contributed by atoms with Crippen LogP contribution >= 0.6 is 0 Å². The predicted octanol–water partition coefficient (Wildman–Crippen LogP) is 0.450. The van der Waals surface area contributed by atoms with Crippen molar-refractivity contribution in [3.8, 4) is 0 Å². The second-order valence-electron chi connectivity index (χ2n) is 6.89. The number of aryl methyl sites for hydroxylation is 1. The van der Waals surface area contributed by atoms with E-state index in [0.717, 1.165) is 16.0 Å². The first-order chi connectivity index (χ1) is 12.9. The molecule has 0 spiro atoms. The summed E-state index contributed by atoms with van der Waals surface area (Å²) in [5, 5.41) is 0. The summed E-state index contributed by atoms with van der Waals surface area (Å²) in [6.07, 6.45) is 0. The molecule has 0 amide bonds. The predicted molar refractivity (Wildman–Crippen MR) is 101 cm³/mol. The Hall–Kier alpha value is -2.42. The van der Waals surface area contributed by atoms with Gasteiger partial charge in [-0.15, -0.1) is 0 Å². The number of aromatic nitrogens is 1. The SMILES string of the molecule is Cc1ccc(S(=O)(=O)N2CC[NH+](Cn3c(=O)oc4ccccc43)CC2)cc1. The summed E-state index contributed by atoms with van der Waals surface area (Å²) in [6, 6.07) is 14.3. The van der Waals surface area contributed by atoms with Gasteiger partial charge in [0.05, 0.1) is 36.6 Å². The molecule has 4 rings (SSSR count). The molecule has 142 valence electrons. The Kier molecular flexibility index (Phi) is 4.63. The van der Waals surface area contributed by atoms with Crippen LogP contribution in [0.1, 0.15) is 5.56 Å². The fraction of sp³-hybridized carbons (Fsp3) is 0.316. The highest BCUT2D eigenvalue weighted by atomic mass is 32.2. The Labute approximate surface area is 157 Å². The third-order valence-corrected chi connectivity index (χ3v) is 6.96. The molecule has 0 unspecified atom stereocenters. The molecule has 27 heavy (non-hydrogen) atoms. The first kappa shape index (κ1) is 18.0. The topological polar surface area (TPSA) is 77.0 Å². The molecule has 1 fully saturated rings. The summed E-state index contributed by atoms with van der Waals surface area (Å²) in [6.45, 7) is 4.52. The zero-order chi connectivity index (χ0) is 19.0. The third kappa shape index (κ3) is 3.43. The van der Waals surface area contributed by atoms with Gasteiger partial charge in [-0.1, -0.05) is 29.8 Å². The number of oxazole rings is 1. The summed E-state index contributed by atoms with van der Waals surface area (Å²) < 4.78 is 34.0. The Morgan fingerprint density at radius 3 is 2.41 bits per heavy atom. The van der Waals surface area contributed by atoms with Gasteiger partial charge in [0.15, 0.2) is 12.3 Å². The highest BCUT2D eigenvalue weighted by Crippen LogP contribution is 2.16. The lowest BCUT2D eigenvalue weighted by Gasteiger charge is -2.31. The Morgan fingerprint density at radius 2 is 1.70 bits per heavy atom. The van der Waals surface area contributed by atoms with E-state index in [4.69, 9.17) is 4.42 Å². The van der Waals surface area contributed by atoms with E-state index >= 15 is 0 Å². The van der Waals surface area contributed by atoms with Gasteiger partial charge >= 0.3 is 5.76 Å². The van der Waals surface area contributed by atoms with Crippen molar-refractivity contribution in [2.45, 2.75) is 18.5 Å². The van der Waals surface area contributed by atoms with E-state index < -0.39 is 10.0 Å². The van der Waals surface area contributed by atoms with Gasteiger partial charge in [0.25, 0.3) is 0 Å². The number of hydrogen-bond donors (Lipinski definition) is 1. The summed E-state index contributed by atoms with van der Waals surface area (Å²) in [7, 11) is -3.47. The van der Waals surface area contributed by atoms with Crippen LogP contribution in [0.5, 0.6) is 0 Å². The fourth-order valence-corrected chi connectivity index (χ4v) is 4.89. The number of para-hydroxylation sites is 2. The van der Waals surface area contributed by atoms with Crippen LogP contribution in [0.25, 0.3) is 11.1 Å². The Bertz CT molecular complexity index is 1110. The van der Waals surface area contributed by atoms with Crippen molar-refractivity contribution >= 4 is 21.1 Å². The van der Waals surface area contributed by atoms with Crippen LogP contribution in [-0.4, -0.2) is 43.5 Å². The zero-order valence-electron chi connectivity index (χ0n) is 15.1. The molecule has 1 aromatic heterocycles. The average molecular weight is 388 g/mol. The summed E-state index contributed by atoms with van der Waals surface area (Å²) in [4.78, 5) is 13.6. The molecule has 1 aliphatic heterocycles. The van der Waals surface area contributed by atoms with Gasteiger partial charge in [-0.3, -0.25) is 0 Å². The Morgan fingerprint density at radius 1 is 1.04 bits per heavy atom. The monoisotopic (exact) mass is 388 g/mol. The second kappa shape index (κ2) is 6.95. The number of piperazine rings is 1. The molecule has 3 aromatic rings. The Balaban J connectivity index is 1.46. The number of rotatable bonds is 4. The molecule has 0 atom stereocenters. The standard InChI is InChI=1S/C19H21N3O4S/c1-15-6-8-16(9-7-15)27(24,25)21-12-10-20(11-13-21)14-22-17-4-2-3-5-18(17)26-19(22)23/h2-9H,10-14H2,1H3/p+1. The number of benzene rings is 2. The van der Waals surface area contributed by atoms with Gasteiger partial charge in [-0.25, -0.2) is 17.8 Å². The van der Waals surface area contributed by atoms with E-state index in [0.29, 0.717) is 43.3 Å². The van der Waals surface area contributed by atoms with Crippen LogP contribution in [0.2, 0.25) is 0 Å². The number of sulfonamides is 1. The molecule has 2 heterocycles.